The third-order valence-corrected chi connectivity index (χ3v) is 22.1. The molecule has 4 aromatic heterocycles. The maximum Gasteiger partial charge on any atom is 0.231 e. The molecule has 0 bridgehead atoms. The molecular formula is C65H67FN12O2S8. The molecule has 6 aromatic carbocycles. The van der Waals surface area contributed by atoms with E-state index in [1.54, 1.807) is 64.5 Å². The van der Waals surface area contributed by atoms with E-state index in [0.717, 1.165) is 94.8 Å². The summed E-state index contributed by atoms with van der Waals surface area (Å²) in [6.07, 6.45) is 11.6. The molecule has 5 heterocycles. The second-order valence-electron chi connectivity index (χ2n) is 19.1. The molecule has 0 fully saturated rings. The summed E-state index contributed by atoms with van der Waals surface area (Å²) in [5.41, 5.74) is 34.9. The van der Waals surface area contributed by atoms with E-state index < -0.39 is 0 Å². The van der Waals surface area contributed by atoms with Crippen LogP contribution in [0, 0.1) is 27.5 Å². The predicted molar refractivity (Wildman–Crippen MR) is 383 cm³/mol. The first-order chi connectivity index (χ1) is 42.6. The SMILES string of the molecule is CCCCc1ccc(Nc2cc(C(=N)N)sc2SC)cc1.CSc1sc(C(=N)N)cc1Nc1ccc(-c2ccccc2)c(F)c1.CSc1sc(C(=N)N)cc1Nc1ccc(-c2ccccc2)cc1.CSc1sc(C(=N)N)cc1Nc1ccc2c(c1)OCO2. The van der Waals surface area contributed by atoms with Crippen molar-refractivity contribution in [1.29, 1.82) is 21.6 Å². The fraction of sp³-hybridized carbons (Fsp3) is 0.138. The Bertz CT molecular complexity index is 3980. The molecule has 11 rings (SSSR count). The smallest absolute Gasteiger partial charge is 0.231 e. The number of nitrogens with one attached hydrogen (secondary N) is 8. The minimum Gasteiger partial charge on any atom is -0.454 e. The van der Waals surface area contributed by atoms with Crippen molar-refractivity contribution in [1.82, 2.24) is 0 Å². The number of aryl methyl sites for hydroxylation is 1. The van der Waals surface area contributed by atoms with Crippen LogP contribution in [-0.2, 0) is 6.42 Å². The van der Waals surface area contributed by atoms with Crippen LogP contribution in [0.2, 0.25) is 0 Å². The van der Waals surface area contributed by atoms with Crippen LogP contribution < -0.4 is 53.7 Å². The first-order valence-corrected chi connectivity index (χ1v) is 35.4. The molecule has 0 atom stereocenters. The van der Waals surface area contributed by atoms with E-state index >= 15 is 0 Å². The van der Waals surface area contributed by atoms with Crippen molar-refractivity contribution in [3.05, 3.63) is 201 Å². The summed E-state index contributed by atoms with van der Waals surface area (Å²) in [6.45, 7) is 2.48. The van der Waals surface area contributed by atoms with Crippen LogP contribution in [0.5, 0.6) is 11.5 Å². The van der Waals surface area contributed by atoms with Crippen molar-refractivity contribution in [3.8, 4) is 33.8 Å². The molecule has 0 radical (unpaired) electrons. The van der Waals surface area contributed by atoms with Gasteiger partial charge in [-0.25, -0.2) is 4.39 Å². The molecule has 10 aromatic rings. The molecular weight excluding hydrogens is 1260 g/mol. The number of nitrogen functional groups attached to an aromatic ring is 4. The van der Waals surface area contributed by atoms with Crippen LogP contribution >= 0.6 is 92.4 Å². The number of hydrogen-bond acceptors (Lipinski definition) is 18. The van der Waals surface area contributed by atoms with Gasteiger partial charge in [-0.1, -0.05) is 98.3 Å². The molecule has 14 nitrogen and oxygen atoms in total. The van der Waals surface area contributed by atoms with Crippen molar-refractivity contribution < 1.29 is 13.9 Å². The minimum absolute atomic E-state index is 0.0361. The highest BCUT2D eigenvalue weighted by Crippen LogP contribution is 2.42. The number of benzene rings is 6. The Morgan fingerprint density at radius 3 is 1.22 bits per heavy atom. The van der Waals surface area contributed by atoms with Gasteiger partial charge in [0.2, 0.25) is 6.79 Å². The largest absolute Gasteiger partial charge is 0.454 e. The minimum atomic E-state index is -0.279. The van der Waals surface area contributed by atoms with Crippen LogP contribution in [0.3, 0.4) is 0 Å². The van der Waals surface area contributed by atoms with E-state index in [2.05, 4.69) is 88.9 Å². The number of thioether (sulfide) groups is 4. The van der Waals surface area contributed by atoms with Crippen LogP contribution in [0.25, 0.3) is 22.3 Å². The van der Waals surface area contributed by atoms with E-state index in [-0.39, 0.29) is 36.0 Å². The number of amidine groups is 4. The number of unbranched alkanes of at least 4 members (excludes halogenated alkanes) is 1. The Hall–Kier alpha value is -7.87. The van der Waals surface area contributed by atoms with Gasteiger partial charge in [0.25, 0.3) is 0 Å². The van der Waals surface area contributed by atoms with E-state index in [4.69, 9.17) is 54.0 Å². The number of anilines is 8. The van der Waals surface area contributed by atoms with Gasteiger partial charge in [-0.05, 0) is 139 Å². The highest BCUT2D eigenvalue weighted by molar-refractivity contribution is 8.01. The van der Waals surface area contributed by atoms with Crippen LogP contribution in [0.15, 0.2) is 187 Å². The van der Waals surface area contributed by atoms with Crippen LogP contribution in [-0.4, -0.2) is 55.2 Å². The van der Waals surface area contributed by atoms with E-state index in [1.807, 2.05) is 122 Å². The molecule has 1 aliphatic rings. The van der Waals surface area contributed by atoms with Gasteiger partial charge in [0.15, 0.2) is 11.5 Å². The van der Waals surface area contributed by atoms with E-state index in [9.17, 15) is 4.39 Å². The molecule has 16 N–H and O–H groups in total. The normalized spacial score (nSPS) is 11.0. The predicted octanol–water partition coefficient (Wildman–Crippen LogP) is 18.5. The Morgan fingerprint density at radius 2 is 0.807 bits per heavy atom. The van der Waals surface area contributed by atoms with Crippen molar-refractivity contribution in [3.63, 3.8) is 0 Å². The van der Waals surface area contributed by atoms with Gasteiger partial charge in [0.05, 0.1) is 59.1 Å². The number of thiophene rings is 4. The zero-order valence-corrected chi connectivity index (χ0v) is 55.3. The van der Waals surface area contributed by atoms with E-state index in [1.165, 1.54) is 69.6 Å². The van der Waals surface area contributed by atoms with Gasteiger partial charge in [-0.2, -0.15) is 0 Å². The Labute approximate surface area is 545 Å². The Morgan fingerprint density at radius 1 is 0.443 bits per heavy atom. The molecule has 0 unspecified atom stereocenters. The number of hydrogen-bond donors (Lipinski definition) is 12. The molecule has 1 aliphatic heterocycles. The van der Waals surface area contributed by atoms with Crippen molar-refractivity contribution in [2.75, 3.05) is 53.1 Å². The van der Waals surface area contributed by atoms with Gasteiger partial charge in [0.1, 0.15) is 29.2 Å². The second-order valence-corrected chi connectivity index (χ2v) is 27.6. The average molecular weight is 1320 g/mol. The quantitative estimate of drug-likeness (QED) is 0.0181. The highest BCUT2D eigenvalue weighted by atomic mass is 32.2. The van der Waals surface area contributed by atoms with Gasteiger partial charge in [-0.3, -0.25) is 21.6 Å². The molecule has 88 heavy (non-hydrogen) atoms. The molecule has 0 saturated carbocycles. The molecule has 0 aliphatic carbocycles. The summed E-state index contributed by atoms with van der Waals surface area (Å²) < 4.78 is 29.5. The highest BCUT2D eigenvalue weighted by Gasteiger charge is 2.17. The standard InChI is InChI=1S/C18H16FN3S2.C18H17N3S2.C16H21N3S2.C13H13N3O2S2/c1-23-18-15(10-16(24-18)17(20)21)22-12-7-8-13(14(19)9-12)11-5-3-2-4-6-11;1-22-18-15(11-16(23-18)17(19)20)21-14-9-7-13(8-10-14)12-5-3-2-4-6-12;1-3-4-5-11-6-8-12(9-7-11)19-13-10-14(15(17)18)21-16(13)20-2;1-19-13-8(5-11(20-13)12(14)15)16-7-2-3-9-10(4-7)18-6-17-9/h2-10,22H,1H3,(H3,20,21);2-11,21H,1H3,(H3,19,20);6-10,19H,3-5H2,1-2H3,(H3,17,18);2-5,16H,6H2,1H3,(H3,14,15). The lowest BCUT2D eigenvalue weighted by Crippen LogP contribution is -2.08. The summed E-state index contributed by atoms with van der Waals surface area (Å²) in [5, 5.41) is 43.6. The van der Waals surface area contributed by atoms with Crippen LogP contribution in [0.4, 0.5) is 49.9 Å². The monoisotopic (exact) mass is 1320 g/mol. The zero-order valence-electron chi connectivity index (χ0n) is 48.8. The lowest BCUT2D eigenvalue weighted by atomic mass is 10.0. The summed E-state index contributed by atoms with van der Waals surface area (Å²) in [5.74, 6) is 1.58. The number of fused-ring (bicyclic) bond motifs is 1. The fourth-order valence-electron chi connectivity index (χ4n) is 8.54. The topological polar surface area (TPSA) is 266 Å². The first kappa shape index (κ1) is 66.1. The summed E-state index contributed by atoms with van der Waals surface area (Å²) in [7, 11) is 0. The van der Waals surface area contributed by atoms with Crippen molar-refractivity contribution in [2.24, 2.45) is 22.9 Å². The van der Waals surface area contributed by atoms with Crippen molar-refractivity contribution >= 4 is 161 Å². The lowest BCUT2D eigenvalue weighted by Gasteiger charge is -2.09. The van der Waals surface area contributed by atoms with E-state index in [0.29, 0.717) is 16.1 Å². The molecule has 454 valence electrons. The zero-order chi connectivity index (χ0) is 62.7. The number of rotatable bonds is 21. The van der Waals surface area contributed by atoms with Crippen molar-refractivity contribution in [2.45, 2.75) is 43.0 Å². The number of halogens is 1. The van der Waals surface area contributed by atoms with Gasteiger partial charge < -0.3 is 53.7 Å². The molecule has 0 amide bonds. The first-order valence-electron chi connectivity index (χ1n) is 27.2. The van der Waals surface area contributed by atoms with Gasteiger partial charge >= 0.3 is 0 Å². The Kier molecular flexibility index (Phi) is 24.3. The van der Waals surface area contributed by atoms with Gasteiger partial charge in [-0.15, -0.1) is 92.4 Å². The Balaban J connectivity index is 0.000000152. The maximum absolute atomic E-state index is 14.5. The molecule has 23 heteroatoms. The average Bonchev–Trinajstić information content (AvgIpc) is 4.41. The second kappa shape index (κ2) is 32.4. The fourth-order valence-corrected chi connectivity index (χ4v) is 15.1. The summed E-state index contributed by atoms with van der Waals surface area (Å²) >= 11 is 12.6. The third kappa shape index (κ3) is 18.1. The number of nitrogens with two attached hydrogens (primary N) is 4. The number of ether oxygens (including phenoxy) is 2. The summed E-state index contributed by atoms with van der Waals surface area (Å²) in [6, 6.07) is 55.1. The summed E-state index contributed by atoms with van der Waals surface area (Å²) in [4.78, 5) is 3.06. The molecule has 0 spiro atoms. The maximum atomic E-state index is 14.5. The molecule has 0 saturated heterocycles. The third-order valence-electron chi connectivity index (χ3n) is 12.9. The van der Waals surface area contributed by atoms with Crippen LogP contribution in [0.1, 0.15) is 44.8 Å². The van der Waals surface area contributed by atoms with Gasteiger partial charge in [0, 0.05) is 34.4 Å². The lowest BCUT2D eigenvalue weighted by molar-refractivity contribution is 0.174.